The number of pyridine rings is 1. The molecular weight excluding hydrogens is 232 g/mol. The maximum absolute atomic E-state index is 7.32. The van der Waals surface area contributed by atoms with Crippen LogP contribution in [0, 0.1) is 5.41 Å². The Morgan fingerprint density at radius 1 is 1.53 bits per heavy atom. The zero-order chi connectivity index (χ0) is 12.4. The SMILES string of the molecule is CC1SCCN(c2ccc(C(=N)N)nc2)C1C. The molecule has 2 rings (SSSR count). The van der Waals surface area contributed by atoms with Gasteiger partial charge >= 0.3 is 0 Å². The number of nitrogens with one attached hydrogen (secondary N) is 1. The number of nitrogens with zero attached hydrogens (tertiary/aromatic N) is 2. The molecule has 0 radical (unpaired) electrons. The summed E-state index contributed by atoms with van der Waals surface area (Å²) in [7, 11) is 0. The molecule has 17 heavy (non-hydrogen) atoms. The van der Waals surface area contributed by atoms with Crippen LogP contribution in [-0.2, 0) is 0 Å². The Kier molecular flexibility index (Phi) is 3.57. The van der Waals surface area contributed by atoms with Crippen LogP contribution in [0.1, 0.15) is 19.5 Å². The molecule has 5 heteroatoms. The van der Waals surface area contributed by atoms with E-state index in [1.807, 2.05) is 30.1 Å². The van der Waals surface area contributed by atoms with Gasteiger partial charge in [0.05, 0.1) is 11.9 Å². The molecule has 1 aromatic heterocycles. The van der Waals surface area contributed by atoms with Crippen LogP contribution in [0.5, 0.6) is 0 Å². The molecule has 1 fully saturated rings. The molecule has 2 heterocycles. The highest BCUT2D eigenvalue weighted by Crippen LogP contribution is 2.28. The maximum Gasteiger partial charge on any atom is 0.141 e. The van der Waals surface area contributed by atoms with Crippen molar-refractivity contribution in [2.24, 2.45) is 5.73 Å². The molecule has 1 aliphatic rings. The molecule has 0 aromatic carbocycles. The topological polar surface area (TPSA) is 66.0 Å². The highest BCUT2D eigenvalue weighted by molar-refractivity contribution is 8.00. The van der Waals surface area contributed by atoms with Crippen LogP contribution in [0.3, 0.4) is 0 Å². The normalized spacial score (nSPS) is 24.7. The van der Waals surface area contributed by atoms with Gasteiger partial charge in [0.25, 0.3) is 0 Å². The predicted octanol–water partition coefficient (Wildman–Crippen LogP) is 1.70. The first kappa shape index (κ1) is 12.2. The molecule has 4 nitrogen and oxygen atoms in total. The highest BCUT2D eigenvalue weighted by Gasteiger charge is 2.25. The molecule has 0 amide bonds. The van der Waals surface area contributed by atoms with Gasteiger partial charge < -0.3 is 10.6 Å². The predicted molar refractivity (Wildman–Crippen MR) is 74.0 cm³/mol. The lowest BCUT2D eigenvalue weighted by molar-refractivity contribution is 0.626. The summed E-state index contributed by atoms with van der Waals surface area (Å²) < 4.78 is 0. The zero-order valence-corrected chi connectivity index (χ0v) is 11.0. The van der Waals surface area contributed by atoms with Crippen molar-refractivity contribution in [3.8, 4) is 0 Å². The van der Waals surface area contributed by atoms with Crippen molar-refractivity contribution in [2.45, 2.75) is 25.1 Å². The number of nitrogen functional groups attached to an aromatic ring is 1. The van der Waals surface area contributed by atoms with Gasteiger partial charge in [0.2, 0.25) is 0 Å². The quantitative estimate of drug-likeness (QED) is 0.619. The largest absolute Gasteiger partial charge is 0.382 e. The summed E-state index contributed by atoms with van der Waals surface area (Å²) in [6.45, 7) is 5.56. The minimum Gasteiger partial charge on any atom is -0.382 e. The van der Waals surface area contributed by atoms with Gasteiger partial charge in [-0.2, -0.15) is 11.8 Å². The molecule has 1 saturated heterocycles. The van der Waals surface area contributed by atoms with E-state index in [1.165, 1.54) is 0 Å². The lowest BCUT2D eigenvalue weighted by atomic mass is 10.2. The van der Waals surface area contributed by atoms with E-state index in [0.29, 0.717) is 17.0 Å². The second-order valence-electron chi connectivity index (χ2n) is 4.33. The monoisotopic (exact) mass is 250 g/mol. The summed E-state index contributed by atoms with van der Waals surface area (Å²) >= 11 is 2.02. The Labute approximate surface area is 106 Å². The number of hydrogen-bond acceptors (Lipinski definition) is 4. The Hall–Kier alpha value is -1.23. The lowest BCUT2D eigenvalue weighted by Crippen LogP contribution is -2.44. The molecule has 0 spiro atoms. The molecule has 2 unspecified atom stereocenters. The average Bonchev–Trinajstić information content (AvgIpc) is 2.33. The smallest absolute Gasteiger partial charge is 0.141 e. The summed E-state index contributed by atoms with van der Waals surface area (Å²) in [5, 5.41) is 7.96. The van der Waals surface area contributed by atoms with Crippen molar-refractivity contribution >= 4 is 23.3 Å². The van der Waals surface area contributed by atoms with Gasteiger partial charge in [-0.15, -0.1) is 0 Å². The van der Waals surface area contributed by atoms with Crippen molar-refractivity contribution < 1.29 is 0 Å². The van der Waals surface area contributed by atoms with Gasteiger partial charge in [-0.25, -0.2) is 0 Å². The second-order valence-corrected chi connectivity index (χ2v) is 5.81. The van der Waals surface area contributed by atoms with Gasteiger partial charge in [-0.3, -0.25) is 10.4 Å². The van der Waals surface area contributed by atoms with Crippen LogP contribution in [0.15, 0.2) is 18.3 Å². The summed E-state index contributed by atoms with van der Waals surface area (Å²) in [6.07, 6.45) is 1.82. The van der Waals surface area contributed by atoms with Crippen LogP contribution in [-0.4, -0.2) is 34.4 Å². The van der Waals surface area contributed by atoms with Crippen LogP contribution in [0.2, 0.25) is 0 Å². The molecule has 0 saturated carbocycles. The van der Waals surface area contributed by atoms with Crippen molar-refractivity contribution in [1.29, 1.82) is 5.41 Å². The van der Waals surface area contributed by atoms with E-state index >= 15 is 0 Å². The summed E-state index contributed by atoms with van der Waals surface area (Å²) in [6, 6.07) is 4.33. The number of aromatic nitrogens is 1. The zero-order valence-electron chi connectivity index (χ0n) is 10.2. The summed E-state index contributed by atoms with van der Waals surface area (Å²) in [4.78, 5) is 6.59. The van der Waals surface area contributed by atoms with Gasteiger partial charge in [-0.1, -0.05) is 6.92 Å². The molecule has 3 N–H and O–H groups in total. The van der Waals surface area contributed by atoms with Crippen molar-refractivity contribution in [3.63, 3.8) is 0 Å². The Morgan fingerprint density at radius 3 is 2.88 bits per heavy atom. The number of rotatable bonds is 2. The van der Waals surface area contributed by atoms with E-state index in [2.05, 4.69) is 23.7 Å². The molecule has 1 aliphatic heterocycles. The van der Waals surface area contributed by atoms with E-state index in [9.17, 15) is 0 Å². The summed E-state index contributed by atoms with van der Waals surface area (Å²) in [5.41, 5.74) is 7.06. The third kappa shape index (κ3) is 2.54. The molecular formula is C12H18N4S. The van der Waals surface area contributed by atoms with Gasteiger partial charge in [-0.05, 0) is 19.1 Å². The van der Waals surface area contributed by atoms with Gasteiger partial charge in [0, 0.05) is 23.6 Å². The third-order valence-corrected chi connectivity index (χ3v) is 4.58. The van der Waals surface area contributed by atoms with Gasteiger partial charge in [0.1, 0.15) is 11.5 Å². The molecule has 2 atom stereocenters. The third-order valence-electron chi connectivity index (χ3n) is 3.24. The van der Waals surface area contributed by atoms with Crippen LogP contribution in [0.4, 0.5) is 5.69 Å². The highest BCUT2D eigenvalue weighted by atomic mass is 32.2. The van der Waals surface area contributed by atoms with Crippen molar-refractivity contribution in [2.75, 3.05) is 17.2 Å². The number of nitrogens with two attached hydrogens (primary N) is 1. The van der Waals surface area contributed by atoms with E-state index < -0.39 is 0 Å². The first-order chi connectivity index (χ1) is 8.09. The first-order valence-electron chi connectivity index (χ1n) is 5.78. The van der Waals surface area contributed by atoms with E-state index in [4.69, 9.17) is 11.1 Å². The maximum atomic E-state index is 7.32. The van der Waals surface area contributed by atoms with Crippen LogP contribution < -0.4 is 10.6 Å². The Morgan fingerprint density at radius 2 is 2.29 bits per heavy atom. The minimum atomic E-state index is 0.0205. The fourth-order valence-electron chi connectivity index (χ4n) is 2.01. The fourth-order valence-corrected chi connectivity index (χ4v) is 3.11. The molecule has 0 aliphatic carbocycles. The summed E-state index contributed by atoms with van der Waals surface area (Å²) in [5.74, 6) is 1.17. The van der Waals surface area contributed by atoms with Crippen LogP contribution in [0.25, 0.3) is 0 Å². The van der Waals surface area contributed by atoms with Crippen LogP contribution >= 0.6 is 11.8 Å². The van der Waals surface area contributed by atoms with E-state index in [0.717, 1.165) is 18.0 Å². The van der Waals surface area contributed by atoms with E-state index in [-0.39, 0.29) is 5.84 Å². The molecule has 92 valence electrons. The fraction of sp³-hybridized carbons (Fsp3) is 0.500. The molecule has 0 bridgehead atoms. The minimum absolute atomic E-state index is 0.0205. The van der Waals surface area contributed by atoms with Gasteiger partial charge in [0.15, 0.2) is 0 Å². The number of hydrogen-bond donors (Lipinski definition) is 2. The number of anilines is 1. The second kappa shape index (κ2) is 4.96. The Bertz CT molecular complexity index is 403. The standard InChI is InChI=1S/C12H18N4S/c1-8-9(2)17-6-5-16(8)10-3-4-11(12(13)14)15-7-10/h3-4,7-9H,5-6H2,1-2H3,(H3,13,14). The van der Waals surface area contributed by atoms with Crippen molar-refractivity contribution in [3.05, 3.63) is 24.0 Å². The molecule has 1 aromatic rings. The number of thioether (sulfide) groups is 1. The van der Waals surface area contributed by atoms with Crippen molar-refractivity contribution in [1.82, 2.24) is 4.98 Å². The van der Waals surface area contributed by atoms with E-state index in [1.54, 1.807) is 0 Å². The first-order valence-corrected chi connectivity index (χ1v) is 6.83. The number of amidine groups is 1. The lowest BCUT2D eigenvalue weighted by Gasteiger charge is -2.39. The average molecular weight is 250 g/mol. The Balaban J connectivity index is 2.19.